The predicted octanol–water partition coefficient (Wildman–Crippen LogP) is 5.17. The molecule has 2 atom stereocenters. The molecule has 186 valence electrons. The Morgan fingerprint density at radius 2 is 1.89 bits per heavy atom. The molecule has 2 unspecified atom stereocenters. The SMILES string of the molecule is Cc1c(-c2ccc(CC(N)=O)c3[nH]c4cc(C(C)(C)O)ccc4c23)cccc1N1CC(C)C(C)C1=O. The van der Waals surface area contributed by atoms with Crippen molar-refractivity contribution >= 4 is 39.3 Å². The molecule has 0 radical (unpaired) electrons. The molecule has 0 spiro atoms. The fraction of sp³-hybridized carbons (Fsp3) is 0.333. The van der Waals surface area contributed by atoms with E-state index in [0.29, 0.717) is 12.5 Å². The zero-order valence-electron chi connectivity index (χ0n) is 21.5. The number of H-pyrrole nitrogens is 1. The second-order valence-corrected chi connectivity index (χ2v) is 10.8. The number of primary amides is 1. The lowest BCUT2D eigenvalue weighted by atomic mass is 9.91. The molecule has 1 aliphatic rings. The van der Waals surface area contributed by atoms with E-state index in [0.717, 1.165) is 55.3 Å². The first-order valence-electron chi connectivity index (χ1n) is 12.5. The van der Waals surface area contributed by atoms with Crippen molar-refractivity contribution in [3.63, 3.8) is 0 Å². The maximum atomic E-state index is 13.0. The molecule has 2 amide bonds. The number of aliphatic hydroxyl groups is 1. The van der Waals surface area contributed by atoms with E-state index in [2.05, 4.69) is 24.9 Å². The van der Waals surface area contributed by atoms with E-state index < -0.39 is 11.5 Å². The molecule has 36 heavy (non-hydrogen) atoms. The monoisotopic (exact) mass is 483 g/mol. The molecule has 5 rings (SSSR count). The highest BCUT2D eigenvalue weighted by atomic mass is 16.3. The molecule has 0 saturated carbocycles. The molecule has 3 aromatic carbocycles. The third kappa shape index (κ3) is 3.86. The third-order valence-corrected chi connectivity index (χ3v) is 7.78. The highest BCUT2D eigenvalue weighted by Crippen LogP contribution is 2.41. The van der Waals surface area contributed by atoms with Crippen LogP contribution in [0, 0.1) is 18.8 Å². The summed E-state index contributed by atoms with van der Waals surface area (Å²) in [6, 6.07) is 16.0. The summed E-state index contributed by atoms with van der Waals surface area (Å²) in [5.41, 5.74) is 12.0. The average Bonchev–Trinajstić information content (AvgIpc) is 3.32. The lowest BCUT2D eigenvalue weighted by Crippen LogP contribution is -2.27. The van der Waals surface area contributed by atoms with Gasteiger partial charge in [-0.1, -0.05) is 50.2 Å². The lowest BCUT2D eigenvalue weighted by molar-refractivity contribution is -0.120. The quantitative estimate of drug-likeness (QED) is 0.365. The number of aromatic amines is 1. The fourth-order valence-electron chi connectivity index (χ4n) is 5.46. The van der Waals surface area contributed by atoms with Crippen LogP contribution in [0.15, 0.2) is 48.5 Å². The number of nitrogens with zero attached hydrogens (tertiary/aromatic N) is 1. The van der Waals surface area contributed by atoms with Crippen LogP contribution in [0.2, 0.25) is 0 Å². The van der Waals surface area contributed by atoms with Crippen molar-refractivity contribution < 1.29 is 14.7 Å². The number of carbonyl (C=O) groups excluding carboxylic acids is 2. The van der Waals surface area contributed by atoms with Crippen LogP contribution in [-0.2, 0) is 21.6 Å². The number of nitrogens with one attached hydrogen (secondary N) is 1. The second kappa shape index (κ2) is 8.49. The Morgan fingerprint density at radius 3 is 2.53 bits per heavy atom. The van der Waals surface area contributed by atoms with Crippen LogP contribution in [0.4, 0.5) is 5.69 Å². The van der Waals surface area contributed by atoms with Gasteiger partial charge in [-0.3, -0.25) is 9.59 Å². The van der Waals surface area contributed by atoms with Crippen molar-refractivity contribution in [2.45, 2.75) is 46.6 Å². The molecular weight excluding hydrogens is 450 g/mol. The first-order chi connectivity index (χ1) is 17.0. The molecule has 6 nitrogen and oxygen atoms in total. The molecule has 1 aromatic heterocycles. The smallest absolute Gasteiger partial charge is 0.230 e. The first kappa shape index (κ1) is 24.1. The minimum absolute atomic E-state index is 0.00596. The van der Waals surface area contributed by atoms with Crippen molar-refractivity contribution in [3.05, 3.63) is 65.2 Å². The van der Waals surface area contributed by atoms with Gasteiger partial charge in [-0.05, 0) is 66.6 Å². The van der Waals surface area contributed by atoms with Gasteiger partial charge in [0.25, 0.3) is 0 Å². The number of fused-ring (bicyclic) bond motifs is 3. The molecule has 4 N–H and O–H groups in total. The summed E-state index contributed by atoms with van der Waals surface area (Å²) in [6.45, 7) is 10.4. The van der Waals surface area contributed by atoms with Gasteiger partial charge in [-0.2, -0.15) is 0 Å². The topological polar surface area (TPSA) is 99.4 Å². The van der Waals surface area contributed by atoms with E-state index in [1.807, 2.05) is 54.3 Å². The van der Waals surface area contributed by atoms with E-state index >= 15 is 0 Å². The zero-order chi connectivity index (χ0) is 25.9. The van der Waals surface area contributed by atoms with E-state index in [-0.39, 0.29) is 18.2 Å². The van der Waals surface area contributed by atoms with Crippen LogP contribution in [0.1, 0.15) is 44.4 Å². The van der Waals surface area contributed by atoms with Crippen LogP contribution >= 0.6 is 0 Å². The molecule has 0 bridgehead atoms. The minimum atomic E-state index is -0.980. The summed E-state index contributed by atoms with van der Waals surface area (Å²) < 4.78 is 0. The Bertz CT molecular complexity index is 1530. The standard InChI is InChI=1S/C30H33N3O3/c1-16-15-33(29(35)17(16)2)25-8-6-7-21(18(25)3)22-11-9-19(13-26(31)34)28-27(22)23-12-10-20(30(4,5)36)14-24(23)32-28/h6-12,14,16-17,32,36H,13,15H2,1-5H3,(H2,31,34). The molecular formula is C30H33N3O3. The van der Waals surface area contributed by atoms with Crippen LogP contribution in [0.5, 0.6) is 0 Å². The predicted molar refractivity (Wildman–Crippen MR) is 145 cm³/mol. The number of benzene rings is 3. The average molecular weight is 484 g/mol. The highest BCUT2D eigenvalue weighted by Gasteiger charge is 2.36. The van der Waals surface area contributed by atoms with Crippen molar-refractivity contribution in [3.8, 4) is 11.1 Å². The number of hydrogen-bond acceptors (Lipinski definition) is 3. The molecule has 4 aromatic rings. The number of rotatable bonds is 5. The summed E-state index contributed by atoms with van der Waals surface area (Å²) >= 11 is 0. The van der Waals surface area contributed by atoms with Crippen molar-refractivity contribution in [1.29, 1.82) is 0 Å². The number of aromatic nitrogens is 1. The summed E-state index contributed by atoms with van der Waals surface area (Å²) in [6.07, 6.45) is 0.124. The van der Waals surface area contributed by atoms with Crippen LogP contribution in [-0.4, -0.2) is 28.4 Å². The van der Waals surface area contributed by atoms with Gasteiger partial charge in [0.05, 0.1) is 17.5 Å². The van der Waals surface area contributed by atoms with Gasteiger partial charge in [0.15, 0.2) is 0 Å². The van der Waals surface area contributed by atoms with Gasteiger partial charge in [-0.25, -0.2) is 0 Å². The highest BCUT2D eigenvalue weighted by molar-refractivity contribution is 6.16. The Kier molecular flexibility index (Phi) is 5.67. The lowest BCUT2D eigenvalue weighted by Gasteiger charge is -2.21. The number of amides is 2. The Hall–Kier alpha value is -3.64. The number of anilines is 1. The van der Waals surface area contributed by atoms with E-state index in [1.165, 1.54) is 0 Å². The maximum Gasteiger partial charge on any atom is 0.230 e. The van der Waals surface area contributed by atoms with Gasteiger partial charge in [0, 0.05) is 34.4 Å². The van der Waals surface area contributed by atoms with E-state index in [1.54, 1.807) is 13.8 Å². The molecule has 1 aliphatic heterocycles. The summed E-state index contributed by atoms with van der Waals surface area (Å²) in [5, 5.41) is 12.6. The number of nitrogens with two attached hydrogens (primary N) is 1. The normalized spacial score (nSPS) is 18.5. The van der Waals surface area contributed by atoms with Crippen molar-refractivity contribution in [1.82, 2.24) is 4.98 Å². The largest absolute Gasteiger partial charge is 0.386 e. The van der Waals surface area contributed by atoms with Gasteiger partial charge < -0.3 is 20.7 Å². The van der Waals surface area contributed by atoms with Crippen LogP contribution in [0.3, 0.4) is 0 Å². The molecule has 6 heteroatoms. The minimum Gasteiger partial charge on any atom is -0.386 e. The Balaban J connectivity index is 1.75. The maximum absolute atomic E-state index is 13.0. The van der Waals surface area contributed by atoms with Crippen molar-refractivity contribution in [2.24, 2.45) is 17.6 Å². The van der Waals surface area contributed by atoms with Crippen LogP contribution < -0.4 is 10.6 Å². The second-order valence-electron chi connectivity index (χ2n) is 10.8. The van der Waals surface area contributed by atoms with Gasteiger partial charge in [0.2, 0.25) is 11.8 Å². The summed E-state index contributed by atoms with van der Waals surface area (Å²) in [5.74, 6) is 0.0789. The van der Waals surface area contributed by atoms with Gasteiger partial charge >= 0.3 is 0 Å². The fourth-order valence-corrected chi connectivity index (χ4v) is 5.46. The summed E-state index contributed by atoms with van der Waals surface area (Å²) in [4.78, 5) is 30.2. The van der Waals surface area contributed by atoms with E-state index in [4.69, 9.17) is 5.73 Å². The van der Waals surface area contributed by atoms with E-state index in [9.17, 15) is 14.7 Å². The van der Waals surface area contributed by atoms with Gasteiger partial charge in [0.1, 0.15) is 0 Å². The van der Waals surface area contributed by atoms with Crippen LogP contribution in [0.25, 0.3) is 32.9 Å². The number of hydrogen-bond donors (Lipinski definition) is 3. The zero-order valence-corrected chi connectivity index (χ0v) is 21.5. The molecule has 2 heterocycles. The molecule has 0 aliphatic carbocycles. The number of carbonyl (C=O) groups is 2. The third-order valence-electron chi connectivity index (χ3n) is 7.78. The Labute approximate surface area is 211 Å². The molecule has 1 fully saturated rings. The summed E-state index contributed by atoms with van der Waals surface area (Å²) in [7, 11) is 0. The van der Waals surface area contributed by atoms with Crippen molar-refractivity contribution in [2.75, 3.05) is 11.4 Å². The first-order valence-corrected chi connectivity index (χ1v) is 12.5. The van der Waals surface area contributed by atoms with Gasteiger partial charge in [-0.15, -0.1) is 0 Å². The Morgan fingerprint density at radius 1 is 1.14 bits per heavy atom. The molecule has 1 saturated heterocycles.